The number of benzene rings is 2. The Kier molecular flexibility index (Phi) is 6.01. The third kappa shape index (κ3) is 5.07. The average molecular weight is 282 g/mol. The van der Waals surface area contributed by atoms with E-state index in [0.717, 1.165) is 37.2 Å². The molecule has 0 aliphatic heterocycles. The second-order valence-electron chi connectivity index (χ2n) is 5.14. The molecule has 0 amide bonds. The first-order valence-electron chi connectivity index (χ1n) is 7.59. The third-order valence-electron chi connectivity index (χ3n) is 3.43. The van der Waals surface area contributed by atoms with E-state index in [1.807, 2.05) is 42.5 Å². The SMILES string of the molecule is CCCCOc1ccc(C(=O)CCc2ccccc2)cc1. The summed E-state index contributed by atoms with van der Waals surface area (Å²) >= 11 is 0. The number of Topliss-reactive ketones (excluding diaryl/α,β-unsaturated/α-hetero) is 1. The van der Waals surface area contributed by atoms with Crippen LogP contribution in [0.1, 0.15) is 42.1 Å². The first kappa shape index (κ1) is 15.3. The van der Waals surface area contributed by atoms with Gasteiger partial charge in [0.1, 0.15) is 5.75 Å². The molecule has 2 aromatic carbocycles. The third-order valence-corrected chi connectivity index (χ3v) is 3.43. The number of unbranched alkanes of at least 4 members (excludes halogenated alkanes) is 1. The molecule has 0 radical (unpaired) electrons. The highest BCUT2D eigenvalue weighted by atomic mass is 16.5. The number of ketones is 1. The molecule has 2 heteroatoms. The highest BCUT2D eigenvalue weighted by Crippen LogP contribution is 2.15. The quantitative estimate of drug-likeness (QED) is 0.519. The predicted molar refractivity (Wildman–Crippen MR) is 85.9 cm³/mol. The van der Waals surface area contributed by atoms with Crippen molar-refractivity contribution in [2.24, 2.45) is 0 Å². The number of hydrogen-bond acceptors (Lipinski definition) is 2. The van der Waals surface area contributed by atoms with Crippen LogP contribution < -0.4 is 4.74 Å². The van der Waals surface area contributed by atoms with Crippen molar-refractivity contribution < 1.29 is 9.53 Å². The molecule has 0 N–H and O–H groups in total. The van der Waals surface area contributed by atoms with Gasteiger partial charge in [-0.25, -0.2) is 0 Å². The van der Waals surface area contributed by atoms with Crippen LogP contribution in [0.2, 0.25) is 0 Å². The lowest BCUT2D eigenvalue weighted by Crippen LogP contribution is -2.02. The van der Waals surface area contributed by atoms with Gasteiger partial charge < -0.3 is 4.74 Å². The zero-order valence-electron chi connectivity index (χ0n) is 12.5. The Bertz CT molecular complexity index is 544. The Labute approximate surface area is 126 Å². The molecule has 2 aromatic rings. The zero-order chi connectivity index (χ0) is 14.9. The number of aryl methyl sites for hydroxylation is 1. The normalized spacial score (nSPS) is 10.3. The highest BCUT2D eigenvalue weighted by molar-refractivity contribution is 5.96. The summed E-state index contributed by atoms with van der Waals surface area (Å²) in [5.41, 5.74) is 1.96. The molecule has 0 atom stereocenters. The van der Waals surface area contributed by atoms with Crippen LogP contribution in [-0.2, 0) is 6.42 Å². The maximum Gasteiger partial charge on any atom is 0.163 e. The molecule has 0 unspecified atom stereocenters. The molecule has 0 bridgehead atoms. The lowest BCUT2D eigenvalue weighted by molar-refractivity contribution is 0.0983. The average Bonchev–Trinajstić information content (AvgIpc) is 2.54. The van der Waals surface area contributed by atoms with Gasteiger partial charge in [-0.1, -0.05) is 43.7 Å². The lowest BCUT2D eigenvalue weighted by atomic mass is 10.0. The fourth-order valence-electron chi connectivity index (χ4n) is 2.12. The minimum atomic E-state index is 0.180. The van der Waals surface area contributed by atoms with Gasteiger partial charge in [0.05, 0.1) is 6.61 Å². The van der Waals surface area contributed by atoms with E-state index in [1.165, 1.54) is 5.56 Å². The van der Waals surface area contributed by atoms with Crippen LogP contribution in [0.25, 0.3) is 0 Å². The van der Waals surface area contributed by atoms with Crippen LogP contribution >= 0.6 is 0 Å². The monoisotopic (exact) mass is 282 g/mol. The van der Waals surface area contributed by atoms with E-state index in [0.29, 0.717) is 6.42 Å². The fourth-order valence-corrected chi connectivity index (χ4v) is 2.12. The van der Waals surface area contributed by atoms with Crippen molar-refractivity contribution in [1.82, 2.24) is 0 Å². The van der Waals surface area contributed by atoms with Crippen molar-refractivity contribution in [3.63, 3.8) is 0 Å². The fraction of sp³-hybridized carbons (Fsp3) is 0.316. The molecular formula is C19H22O2. The smallest absolute Gasteiger partial charge is 0.163 e. The van der Waals surface area contributed by atoms with E-state index in [-0.39, 0.29) is 5.78 Å². The first-order chi connectivity index (χ1) is 10.3. The number of carbonyl (C=O) groups excluding carboxylic acids is 1. The van der Waals surface area contributed by atoms with E-state index in [4.69, 9.17) is 4.74 Å². The van der Waals surface area contributed by atoms with Crippen molar-refractivity contribution in [2.45, 2.75) is 32.6 Å². The van der Waals surface area contributed by atoms with E-state index in [1.54, 1.807) is 0 Å². The van der Waals surface area contributed by atoms with Gasteiger partial charge >= 0.3 is 0 Å². The van der Waals surface area contributed by atoms with Crippen LogP contribution in [0.4, 0.5) is 0 Å². The second kappa shape index (κ2) is 8.25. The van der Waals surface area contributed by atoms with Crippen LogP contribution in [0.5, 0.6) is 5.75 Å². The molecule has 21 heavy (non-hydrogen) atoms. The largest absolute Gasteiger partial charge is 0.494 e. The van der Waals surface area contributed by atoms with Crippen molar-refractivity contribution >= 4 is 5.78 Å². The molecule has 110 valence electrons. The number of carbonyl (C=O) groups is 1. The Hall–Kier alpha value is -2.09. The summed E-state index contributed by atoms with van der Waals surface area (Å²) in [6, 6.07) is 17.6. The summed E-state index contributed by atoms with van der Waals surface area (Å²) in [7, 11) is 0. The van der Waals surface area contributed by atoms with Gasteiger partial charge in [-0.2, -0.15) is 0 Å². The minimum absolute atomic E-state index is 0.180. The van der Waals surface area contributed by atoms with E-state index in [2.05, 4.69) is 19.1 Å². The van der Waals surface area contributed by atoms with Crippen LogP contribution in [0, 0.1) is 0 Å². The maximum absolute atomic E-state index is 12.1. The highest BCUT2D eigenvalue weighted by Gasteiger charge is 2.06. The van der Waals surface area contributed by atoms with Crippen LogP contribution in [0.3, 0.4) is 0 Å². The van der Waals surface area contributed by atoms with E-state index < -0.39 is 0 Å². The Morgan fingerprint density at radius 3 is 2.38 bits per heavy atom. The Balaban J connectivity index is 1.85. The van der Waals surface area contributed by atoms with Gasteiger partial charge in [0.2, 0.25) is 0 Å². The molecule has 2 rings (SSSR count). The molecule has 0 saturated heterocycles. The second-order valence-corrected chi connectivity index (χ2v) is 5.14. The van der Waals surface area contributed by atoms with Crippen molar-refractivity contribution in [1.29, 1.82) is 0 Å². The molecule has 0 aliphatic carbocycles. The molecule has 0 aromatic heterocycles. The minimum Gasteiger partial charge on any atom is -0.494 e. The predicted octanol–water partition coefficient (Wildman–Crippen LogP) is 4.68. The van der Waals surface area contributed by atoms with Gasteiger partial charge in [0.25, 0.3) is 0 Å². The summed E-state index contributed by atoms with van der Waals surface area (Å²) in [4.78, 5) is 12.1. The topological polar surface area (TPSA) is 26.3 Å². The van der Waals surface area contributed by atoms with Crippen molar-refractivity contribution in [2.75, 3.05) is 6.61 Å². The summed E-state index contributed by atoms with van der Waals surface area (Å²) in [6.07, 6.45) is 3.50. The van der Waals surface area contributed by atoms with Crippen molar-refractivity contribution in [3.05, 3.63) is 65.7 Å². The van der Waals surface area contributed by atoms with Crippen molar-refractivity contribution in [3.8, 4) is 5.75 Å². The molecule has 0 heterocycles. The van der Waals surface area contributed by atoms with Gasteiger partial charge in [0, 0.05) is 12.0 Å². The number of hydrogen-bond donors (Lipinski definition) is 0. The van der Waals surface area contributed by atoms with Gasteiger partial charge in [-0.05, 0) is 42.7 Å². The van der Waals surface area contributed by atoms with Crippen LogP contribution in [0.15, 0.2) is 54.6 Å². The zero-order valence-corrected chi connectivity index (χ0v) is 12.5. The van der Waals surface area contributed by atoms with E-state index >= 15 is 0 Å². The van der Waals surface area contributed by atoms with Crippen LogP contribution in [-0.4, -0.2) is 12.4 Å². The molecule has 0 aliphatic rings. The van der Waals surface area contributed by atoms with Gasteiger partial charge in [-0.3, -0.25) is 4.79 Å². The van der Waals surface area contributed by atoms with E-state index in [9.17, 15) is 4.79 Å². The summed E-state index contributed by atoms with van der Waals surface area (Å²) in [6.45, 7) is 2.87. The number of rotatable bonds is 8. The molecule has 0 spiro atoms. The van der Waals surface area contributed by atoms with Gasteiger partial charge in [-0.15, -0.1) is 0 Å². The Morgan fingerprint density at radius 1 is 1.00 bits per heavy atom. The molecule has 2 nitrogen and oxygen atoms in total. The first-order valence-corrected chi connectivity index (χ1v) is 7.59. The number of ether oxygens (including phenoxy) is 1. The lowest BCUT2D eigenvalue weighted by Gasteiger charge is -2.06. The molecule has 0 fully saturated rings. The summed E-state index contributed by atoms with van der Waals surface area (Å²) in [5, 5.41) is 0. The Morgan fingerprint density at radius 2 is 1.71 bits per heavy atom. The molecule has 0 saturated carbocycles. The van der Waals surface area contributed by atoms with Gasteiger partial charge in [0.15, 0.2) is 5.78 Å². The summed E-state index contributed by atoms with van der Waals surface area (Å²) < 4.78 is 5.60. The summed E-state index contributed by atoms with van der Waals surface area (Å²) in [5.74, 6) is 1.02. The molecular weight excluding hydrogens is 260 g/mol. The standard InChI is InChI=1S/C19H22O2/c1-2-3-15-21-18-12-10-17(11-13-18)19(20)14-9-16-7-5-4-6-8-16/h4-8,10-13H,2-3,9,14-15H2,1H3. The maximum atomic E-state index is 12.1.